The molecule has 1 aromatic carbocycles. The molecule has 0 heterocycles. The van der Waals surface area contributed by atoms with Crippen molar-refractivity contribution in [3.63, 3.8) is 0 Å². The highest BCUT2D eigenvalue weighted by atomic mass is 127. The van der Waals surface area contributed by atoms with Crippen LogP contribution in [0.5, 0.6) is 0 Å². The van der Waals surface area contributed by atoms with Gasteiger partial charge in [0.1, 0.15) is 6.04 Å². The molecule has 0 bridgehead atoms. The van der Waals surface area contributed by atoms with E-state index in [1.54, 1.807) is 0 Å². The molecule has 0 saturated heterocycles. The third-order valence-corrected chi connectivity index (χ3v) is 2.74. The monoisotopic (exact) mass is 341 g/mol. The molecular weight excluding hydrogens is 328 g/mol. The smallest absolute Gasteiger partial charge is 0.320 e. The molecule has 0 unspecified atom stereocenters. The summed E-state index contributed by atoms with van der Waals surface area (Å²) in [5.41, 5.74) is 7.56. The van der Waals surface area contributed by atoms with Gasteiger partial charge in [-0.2, -0.15) is 0 Å². The Morgan fingerprint density at radius 2 is 2.20 bits per heavy atom. The Kier molecular flexibility index (Phi) is 6.16. The average Bonchev–Trinajstić information content (AvgIpc) is 2.11. The van der Waals surface area contributed by atoms with Gasteiger partial charge in [0.25, 0.3) is 0 Å². The molecule has 0 aromatic heterocycles. The normalized spacial score (nSPS) is 11.7. The maximum atomic E-state index is 10.6. The standard InChI is InChI=1S/C10H12INO2.ClH/c1-6-2-3-8(11)4-7(6)5-9(12)10(13)14;/h2-4,9H,5,12H2,1H3,(H,13,14);1H/t9-;/m0./s1. The third kappa shape index (κ3) is 4.36. The maximum absolute atomic E-state index is 10.6. The Morgan fingerprint density at radius 1 is 1.60 bits per heavy atom. The van der Waals surface area contributed by atoms with Crippen molar-refractivity contribution >= 4 is 41.0 Å². The van der Waals surface area contributed by atoms with Gasteiger partial charge < -0.3 is 10.8 Å². The minimum absolute atomic E-state index is 0. The number of rotatable bonds is 3. The van der Waals surface area contributed by atoms with Crippen molar-refractivity contribution in [2.24, 2.45) is 5.73 Å². The van der Waals surface area contributed by atoms with Crippen LogP contribution < -0.4 is 5.73 Å². The van der Waals surface area contributed by atoms with Gasteiger partial charge in [-0.3, -0.25) is 4.79 Å². The summed E-state index contributed by atoms with van der Waals surface area (Å²) in [6.45, 7) is 1.96. The highest BCUT2D eigenvalue weighted by Crippen LogP contribution is 2.14. The molecule has 0 radical (unpaired) electrons. The van der Waals surface area contributed by atoms with Crippen LogP contribution in [0, 0.1) is 10.5 Å². The summed E-state index contributed by atoms with van der Waals surface area (Å²) in [7, 11) is 0. The maximum Gasteiger partial charge on any atom is 0.320 e. The second kappa shape index (κ2) is 6.30. The van der Waals surface area contributed by atoms with Gasteiger partial charge in [-0.1, -0.05) is 6.07 Å². The van der Waals surface area contributed by atoms with Gasteiger partial charge in [0, 0.05) is 3.57 Å². The molecule has 0 aliphatic heterocycles. The molecule has 3 N–H and O–H groups in total. The molecular formula is C10H13ClINO2. The van der Waals surface area contributed by atoms with Crippen LogP contribution in [0.2, 0.25) is 0 Å². The van der Waals surface area contributed by atoms with Crippen molar-refractivity contribution in [3.05, 3.63) is 32.9 Å². The van der Waals surface area contributed by atoms with E-state index in [1.165, 1.54) is 0 Å². The first-order valence-electron chi connectivity index (χ1n) is 4.24. The summed E-state index contributed by atoms with van der Waals surface area (Å²) < 4.78 is 1.10. The summed E-state index contributed by atoms with van der Waals surface area (Å²) in [5, 5.41) is 8.68. The highest BCUT2D eigenvalue weighted by molar-refractivity contribution is 14.1. The predicted octanol–water partition coefficient (Wildman–Crippen LogP) is 1.98. The molecule has 0 saturated carbocycles. The van der Waals surface area contributed by atoms with E-state index in [0.29, 0.717) is 6.42 Å². The van der Waals surface area contributed by atoms with Crippen molar-refractivity contribution in [3.8, 4) is 0 Å². The van der Waals surface area contributed by atoms with Crippen LogP contribution in [0.4, 0.5) is 0 Å². The van der Waals surface area contributed by atoms with Gasteiger partial charge in [-0.25, -0.2) is 0 Å². The number of aliphatic carboxylic acids is 1. The molecule has 15 heavy (non-hydrogen) atoms. The van der Waals surface area contributed by atoms with E-state index in [-0.39, 0.29) is 12.4 Å². The lowest BCUT2D eigenvalue weighted by Gasteiger charge is -2.09. The number of aryl methyl sites for hydroxylation is 1. The van der Waals surface area contributed by atoms with E-state index in [4.69, 9.17) is 10.8 Å². The van der Waals surface area contributed by atoms with Gasteiger partial charge in [-0.05, 0) is 59.2 Å². The quantitative estimate of drug-likeness (QED) is 0.826. The molecule has 0 aliphatic carbocycles. The summed E-state index contributed by atoms with van der Waals surface area (Å²) in [6, 6.07) is 5.13. The fraction of sp³-hybridized carbons (Fsp3) is 0.300. The van der Waals surface area contributed by atoms with Crippen LogP contribution in [-0.2, 0) is 11.2 Å². The van der Waals surface area contributed by atoms with E-state index in [9.17, 15) is 4.79 Å². The van der Waals surface area contributed by atoms with Crippen LogP contribution >= 0.6 is 35.0 Å². The summed E-state index contributed by atoms with van der Waals surface area (Å²) >= 11 is 2.20. The fourth-order valence-electron chi connectivity index (χ4n) is 1.18. The lowest BCUT2D eigenvalue weighted by molar-refractivity contribution is -0.138. The lowest BCUT2D eigenvalue weighted by atomic mass is 10.0. The first-order chi connectivity index (χ1) is 6.50. The van der Waals surface area contributed by atoms with Crippen LogP contribution in [0.3, 0.4) is 0 Å². The third-order valence-electron chi connectivity index (χ3n) is 2.07. The van der Waals surface area contributed by atoms with Crippen molar-refractivity contribution in [2.75, 3.05) is 0 Å². The molecule has 5 heteroatoms. The van der Waals surface area contributed by atoms with E-state index < -0.39 is 12.0 Å². The number of hydrogen-bond donors (Lipinski definition) is 2. The number of carboxylic acids is 1. The minimum atomic E-state index is -0.955. The van der Waals surface area contributed by atoms with E-state index in [0.717, 1.165) is 14.7 Å². The van der Waals surface area contributed by atoms with Crippen LogP contribution in [0.1, 0.15) is 11.1 Å². The SMILES string of the molecule is Cc1ccc(I)cc1C[C@H](N)C(=O)O.Cl. The van der Waals surface area contributed by atoms with Crippen molar-refractivity contribution in [1.29, 1.82) is 0 Å². The number of halogens is 2. The first kappa shape index (κ1) is 14.7. The lowest BCUT2D eigenvalue weighted by Crippen LogP contribution is -2.32. The van der Waals surface area contributed by atoms with E-state index in [1.807, 2.05) is 25.1 Å². The van der Waals surface area contributed by atoms with Crippen molar-refractivity contribution in [2.45, 2.75) is 19.4 Å². The molecule has 3 nitrogen and oxygen atoms in total. The summed E-state index contributed by atoms with van der Waals surface area (Å²) in [4.78, 5) is 10.6. The molecule has 1 rings (SSSR count). The van der Waals surface area contributed by atoms with E-state index >= 15 is 0 Å². The molecule has 0 spiro atoms. The van der Waals surface area contributed by atoms with Crippen molar-refractivity contribution < 1.29 is 9.90 Å². The largest absolute Gasteiger partial charge is 0.480 e. The van der Waals surface area contributed by atoms with Gasteiger partial charge in [-0.15, -0.1) is 12.4 Å². The molecule has 0 aliphatic rings. The second-order valence-corrected chi connectivity index (χ2v) is 4.47. The second-order valence-electron chi connectivity index (χ2n) is 3.22. The number of benzene rings is 1. The zero-order valence-electron chi connectivity index (χ0n) is 8.24. The Labute approximate surface area is 109 Å². The number of carbonyl (C=O) groups is 1. The Morgan fingerprint density at radius 3 is 2.73 bits per heavy atom. The minimum Gasteiger partial charge on any atom is -0.480 e. The molecule has 1 atom stereocenters. The number of carboxylic acid groups (broad SMARTS) is 1. The zero-order valence-corrected chi connectivity index (χ0v) is 11.2. The fourth-order valence-corrected chi connectivity index (χ4v) is 1.74. The molecule has 0 amide bonds. The molecule has 1 aromatic rings. The Hall–Kier alpha value is -0.330. The van der Waals surface area contributed by atoms with Gasteiger partial charge >= 0.3 is 5.97 Å². The van der Waals surface area contributed by atoms with Crippen molar-refractivity contribution in [1.82, 2.24) is 0 Å². The first-order valence-corrected chi connectivity index (χ1v) is 5.32. The predicted molar refractivity (Wildman–Crippen MR) is 70.5 cm³/mol. The van der Waals surface area contributed by atoms with E-state index in [2.05, 4.69) is 22.6 Å². The van der Waals surface area contributed by atoms with Crippen LogP contribution in [0.25, 0.3) is 0 Å². The van der Waals surface area contributed by atoms with Gasteiger partial charge in [0.2, 0.25) is 0 Å². The highest BCUT2D eigenvalue weighted by Gasteiger charge is 2.13. The number of nitrogens with two attached hydrogens (primary N) is 1. The van der Waals surface area contributed by atoms with Crippen LogP contribution in [-0.4, -0.2) is 17.1 Å². The van der Waals surface area contributed by atoms with Crippen LogP contribution in [0.15, 0.2) is 18.2 Å². The van der Waals surface area contributed by atoms with Gasteiger partial charge in [0.15, 0.2) is 0 Å². The summed E-state index contributed by atoms with van der Waals surface area (Å²) in [5.74, 6) is -0.955. The average molecular weight is 342 g/mol. The topological polar surface area (TPSA) is 63.3 Å². The Balaban J connectivity index is 0.00000196. The molecule has 0 fully saturated rings. The van der Waals surface area contributed by atoms with Gasteiger partial charge in [0.05, 0.1) is 0 Å². The summed E-state index contributed by atoms with van der Waals surface area (Å²) in [6.07, 6.45) is 0.387. The molecule has 84 valence electrons. The Bertz CT molecular complexity index is 357. The zero-order chi connectivity index (χ0) is 10.7. The number of hydrogen-bond acceptors (Lipinski definition) is 2.